The summed E-state index contributed by atoms with van der Waals surface area (Å²) in [6.45, 7) is 4.74. The minimum atomic E-state index is -0.306. The topological polar surface area (TPSA) is 59.7 Å². The smallest absolute Gasteiger partial charge is 0.302 e. The number of rotatable bonds is 7. The number of ether oxygens (including phenoxy) is 1. The number of nitrogens with zero attached hydrogens (tertiary/aromatic N) is 4. The molecule has 32 heavy (non-hydrogen) atoms. The van der Waals surface area contributed by atoms with Crippen molar-refractivity contribution >= 4 is 40.6 Å². The van der Waals surface area contributed by atoms with Crippen molar-refractivity contribution in [1.29, 1.82) is 0 Å². The van der Waals surface area contributed by atoms with E-state index < -0.39 is 0 Å². The Morgan fingerprint density at radius 3 is 2.59 bits per heavy atom. The summed E-state index contributed by atoms with van der Waals surface area (Å²) in [7, 11) is 0. The van der Waals surface area contributed by atoms with Crippen molar-refractivity contribution in [1.82, 2.24) is 14.6 Å². The minimum absolute atomic E-state index is 0.266. The quantitative estimate of drug-likeness (QED) is 0.331. The van der Waals surface area contributed by atoms with Crippen LogP contribution in [0.25, 0.3) is 16.8 Å². The fourth-order valence-electron chi connectivity index (χ4n) is 3.57. The molecule has 2 aromatic heterocycles. The predicted octanol–water partition coefficient (Wildman–Crippen LogP) is 5.58. The van der Waals surface area contributed by atoms with Gasteiger partial charge in [-0.25, -0.2) is 4.98 Å². The van der Waals surface area contributed by atoms with Gasteiger partial charge in [-0.2, -0.15) is 9.61 Å². The number of halogens is 2. The Balaban J connectivity index is 1.79. The molecule has 2 aromatic carbocycles. The standard InChI is InChI=1S/C24H22Cl2N4O2/c1-16-12-23(29(10-11-32-17(2)31)15-18-6-4-3-5-7-18)30-24(28-16)21(14-27-30)20-9-8-19(25)13-22(20)26/h3-9,12-14H,10-11,15H2,1-2H3. The average Bonchev–Trinajstić information content (AvgIpc) is 3.16. The molecule has 0 atom stereocenters. The lowest BCUT2D eigenvalue weighted by Gasteiger charge is -2.25. The number of anilines is 1. The van der Waals surface area contributed by atoms with E-state index in [1.54, 1.807) is 22.8 Å². The van der Waals surface area contributed by atoms with Crippen LogP contribution >= 0.6 is 23.2 Å². The van der Waals surface area contributed by atoms with Crippen molar-refractivity contribution in [3.05, 3.63) is 82.1 Å². The molecule has 164 valence electrons. The van der Waals surface area contributed by atoms with Crippen LogP contribution in [0.3, 0.4) is 0 Å². The number of fused-ring (bicyclic) bond motifs is 1. The van der Waals surface area contributed by atoms with E-state index in [4.69, 9.17) is 32.9 Å². The molecular formula is C24H22Cl2N4O2. The predicted molar refractivity (Wildman–Crippen MR) is 127 cm³/mol. The molecule has 0 radical (unpaired) electrons. The number of hydrogen-bond acceptors (Lipinski definition) is 5. The van der Waals surface area contributed by atoms with Crippen LogP contribution in [0.15, 0.2) is 60.8 Å². The van der Waals surface area contributed by atoms with Crippen LogP contribution < -0.4 is 4.90 Å². The lowest BCUT2D eigenvalue weighted by molar-refractivity contribution is -0.140. The normalized spacial score (nSPS) is 11.0. The molecule has 0 aliphatic rings. The van der Waals surface area contributed by atoms with Gasteiger partial charge in [0.15, 0.2) is 5.65 Å². The fourth-order valence-corrected chi connectivity index (χ4v) is 4.08. The molecule has 0 amide bonds. The van der Waals surface area contributed by atoms with Crippen molar-refractivity contribution < 1.29 is 9.53 Å². The van der Waals surface area contributed by atoms with Crippen LogP contribution in [0.2, 0.25) is 10.0 Å². The monoisotopic (exact) mass is 468 g/mol. The second kappa shape index (κ2) is 9.59. The first-order valence-corrected chi connectivity index (χ1v) is 10.9. The summed E-state index contributed by atoms with van der Waals surface area (Å²) < 4.78 is 7.02. The van der Waals surface area contributed by atoms with Gasteiger partial charge in [-0.1, -0.05) is 59.6 Å². The van der Waals surface area contributed by atoms with Crippen molar-refractivity contribution in [3.63, 3.8) is 0 Å². The van der Waals surface area contributed by atoms with E-state index in [1.165, 1.54) is 6.92 Å². The van der Waals surface area contributed by atoms with Gasteiger partial charge in [-0.3, -0.25) is 4.79 Å². The van der Waals surface area contributed by atoms with Crippen LogP contribution in [0, 0.1) is 6.92 Å². The van der Waals surface area contributed by atoms with Gasteiger partial charge in [0.05, 0.1) is 17.8 Å². The zero-order valence-corrected chi connectivity index (χ0v) is 19.3. The van der Waals surface area contributed by atoms with Gasteiger partial charge in [0.1, 0.15) is 12.4 Å². The van der Waals surface area contributed by atoms with Crippen LogP contribution in [0.4, 0.5) is 5.82 Å². The number of aromatic nitrogens is 3. The van der Waals surface area contributed by atoms with E-state index >= 15 is 0 Å². The zero-order chi connectivity index (χ0) is 22.7. The van der Waals surface area contributed by atoms with Gasteiger partial charge in [-0.05, 0) is 24.6 Å². The molecule has 4 rings (SSSR count). The van der Waals surface area contributed by atoms with E-state index in [-0.39, 0.29) is 12.6 Å². The average molecular weight is 469 g/mol. The number of carbonyl (C=O) groups excluding carboxylic acids is 1. The fraction of sp³-hybridized carbons (Fsp3) is 0.208. The van der Waals surface area contributed by atoms with Crippen molar-refractivity contribution in [2.45, 2.75) is 20.4 Å². The number of esters is 1. The van der Waals surface area contributed by atoms with E-state index in [9.17, 15) is 4.79 Å². The molecule has 0 aliphatic heterocycles. The molecule has 2 heterocycles. The van der Waals surface area contributed by atoms with Crippen molar-refractivity contribution in [2.24, 2.45) is 0 Å². The first-order valence-electron chi connectivity index (χ1n) is 10.2. The summed E-state index contributed by atoms with van der Waals surface area (Å²) in [5.74, 6) is 0.541. The van der Waals surface area contributed by atoms with Crippen LogP contribution in [0.1, 0.15) is 18.2 Å². The summed E-state index contributed by atoms with van der Waals surface area (Å²) in [5.41, 5.74) is 4.28. The summed E-state index contributed by atoms with van der Waals surface area (Å²) in [5, 5.41) is 5.72. The highest BCUT2D eigenvalue weighted by Crippen LogP contribution is 2.34. The highest BCUT2D eigenvalue weighted by molar-refractivity contribution is 6.36. The van der Waals surface area contributed by atoms with E-state index in [0.29, 0.717) is 28.8 Å². The van der Waals surface area contributed by atoms with Crippen LogP contribution in [-0.4, -0.2) is 33.7 Å². The zero-order valence-electron chi connectivity index (χ0n) is 17.8. The van der Waals surface area contributed by atoms with Gasteiger partial charge in [-0.15, -0.1) is 0 Å². The summed E-state index contributed by atoms with van der Waals surface area (Å²) in [4.78, 5) is 18.2. The summed E-state index contributed by atoms with van der Waals surface area (Å²) in [6, 6.07) is 17.5. The second-order valence-electron chi connectivity index (χ2n) is 7.42. The van der Waals surface area contributed by atoms with Crippen LogP contribution in [-0.2, 0) is 16.1 Å². The molecule has 6 nitrogen and oxygen atoms in total. The molecule has 0 fully saturated rings. The van der Waals surface area contributed by atoms with Crippen molar-refractivity contribution in [3.8, 4) is 11.1 Å². The van der Waals surface area contributed by atoms with E-state index in [2.05, 4.69) is 22.1 Å². The lowest BCUT2D eigenvalue weighted by atomic mass is 10.1. The molecular weight excluding hydrogens is 447 g/mol. The lowest BCUT2D eigenvalue weighted by Crippen LogP contribution is -2.29. The molecule has 0 N–H and O–H groups in total. The van der Waals surface area contributed by atoms with Crippen molar-refractivity contribution in [2.75, 3.05) is 18.1 Å². The third-order valence-corrected chi connectivity index (χ3v) is 5.56. The number of aryl methyl sites for hydroxylation is 1. The maximum absolute atomic E-state index is 11.3. The number of hydrogen-bond donors (Lipinski definition) is 0. The third-order valence-electron chi connectivity index (χ3n) is 5.01. The highest BCUT2D eigenvalue weighted by atomic mass is 35.5. The van der Waals surface area contributed by atoms with Gasteiger partial charge in [0.25, 0.3) is 0 Å². The molecule has 8 heteroatoms. The van der Waals surface area contributed by atoms with Gasteiger partial charge in [0.2, 0.25) is 0 Å². The molecule has 0 saturated heterocycles. The Morgan fingerprint density at radius 1 is 1.09 bits per heavy atom. The molecule has 4 aromatic rings. The molecule has 0 unspecified atom stereocenters. The highest BCUT2D eigenvalue weighted by Gasteiger charge is 2.18. The number of carbonyl (C=O) groups is 1. The summed E-state index contributed by atoms with van der Waals surface area (Å²) >= 11 is 12.5. The van der Waals surface area contributed by atoms with Gasteiger partial charge >= 0.3 is 5.97 Å². The molecule has 0 saturated carbocycles. The maximum Gasteiger partial charge on any atom is 0.302 e. The largest absolute Gasteiger partial charge is 0.464 e. The summed E-state index contributed by atoms with van der Waals surface area (Å²) in [6.07, 6.45) is 1.76. The van der Waals surface area contributed by atoms with Gasteiger partial charge in [0, 0.05) is 41.4 Å². The van der Waals surface area contributed by atoms with Crippen LogP contribution in [0.5, 0.6) is 0 Å². The first kappa shape index (κ1) is 22.1. The van der Waals surface area contributed by atoms with E-state index in [0.717, 1.165) is 28.2 Å². The molecule has 0 bridgehead atoms. The second-order valence-corrected chi connectivity index (χ2v) is 8.26. The Labute approximate surface area is 196 Å². The maximum atomic E-state index is 11.3. The Hall–Kier alpha value is -3.09. The minimum Gasteiger partial charge on any atom is -0.464 e. The Bertz CT molecular complexity index is 1260. The number of benzene rings is 2. The van der Waals surface area contributed by atoms with Gasteiger partial charge < -0.3 is 9.64 Å². The first-order chi connectivity index (χ1) is 15.4. The Kier molecular flexibility index (Phi) is 6.63. The molecule has 0 aliphatic carbocycles. The van der Waals surface area contributed by atoms with E-state index in [1.807, 2.05) is 37.3 Å². The molecule has 0 spiro atoms. The Morgan fingerprint density at radius 2 is 1.88 bits per heavy atom. The SMILES string of the molecule is CC(=O)OCCN(Cc1ccccc1)c1cc(C)nc2c(-c3ccc(Cl)cc3Cl)cnn12. The third kappa shape index (κ3) is 4.87.